The first-order valence-electron chi connectivity index (χ1n) is 12.8. The normalized spacial score (nSPS) is 13.4. The first-order chi connectivity index (χ1) is 19.2. The van der Waals surface area contributed by atoms with Gasteiger partial charge in [0.2, 0.25) is 15.2 Å². The van der Waals surface area contributed by atoms with Crippen molar-refractivity contribution in [2.45, 2.75) is 37.0 Å². The van der Waals surface area contributed by atoms with Gasteiger partial charge >= 0.3 is 5.97 Å². The number of hydrogen-bond acceptors (Lipinski definition) is 6. The first kappa shape index (κ1) is 26.1. The Morgan fingerprint density at radius 3 is 2.40 bits per heavy atom. The maximum atomic E-state index is 12.0. The van der Waals surface area contributed by atoms with Gasteiger partial charge in [-0.3, -0.25) is 0 Å². The SMILES string of the molecule is Cc1cc(Cc2c(-c3cccc(-c4ccccc4)c3)nn(-c3nc(C(=O)O)cs3)c2C2CC2)ccc1S(N)(=O)=O. The van der Waals surface area contributed by atoms with Crippen LogP contribution in [0.1, 0.15) is 51.6 Å². The van der Waals surface area contributed by atoms with Crippen LogP contribution in [0.25, 0.3) is 27.5 Å². The van der Waals surface area contributed by atoms with Gasteiger partial charge in [-0.25, -0.2) is 28.0 Å². The smallest absolute Gasteiger partial charge is 0.355 e. The van der Waals surface area contributed by atoms with E-state index >= 15 is 0 Å². The number of thiazole rings is 1. The van der Waals surface area contributed by atoms with Gasteiger partial charge in [-0.2, -0.15) is 5.10 Å². The molecule has 40 heavy (non-hydrogen) atoms. The lowest BCUT2D eigenvalue weighted by molar-refractivity contribution is 0.0691. The molecular weight excluding hydrogens is 544 g/mol. The number of hydrogen-bond donors (Lipinski definition) is 2. The molecule has 202 valence electrons. The number of carboxylic acids is 1. The van der Waals surface area contributed by atoms with Gasteiger partial charge in [0.05, 0.1) is 16.3 Å². The van der Waals surface area contributed by atoms with E-state index in [1.165, 1.54) is 16.7 Å². The lowest BCUT2D eigenvalue weighted by Gasteiger charge is -2.11. The summed E-state index contributed by atoms with van der Waals surface area (Å²) in [5.41, 5.74) is 7.40. The Kier molecular flexibility index (Phi) is 6.61. The van der Waals surface area contributed by atoms with Gasteiger partial charge in [-0.1, -0.05) is 60.7 Å². The predicted molar refractivity (Wildman–Crippen MR) is 154 cm³/mol. The number of nitrogens with zero attached hydrogens (tertiary/aromatic N) is 3. The van der Waals surface area contributed by atoms with E-state index in [0.717, 1.165) is 52.0 Å². The van der Waals surface area contributed by atoms with E-state index in [9.17, 15) is 18.3 Å². The fourth-order valence-corrected chi connectivity index (χ4v) is 6.60. The molecule has 3 aromatic carbocycles. The molecule has 6 rings (SSSR count). The van der Waals surface area contributed by atoms with Gasteiger partial charge in [0, 0.05) is 28.8 Å². The molecule has 8 nitrogen and oxygen atoms in total. The zero-order valence-corrected chi connectivity index (χ0v) is 23.2. The van der Waals surface area contributed by atoms with Crippen molar-refractivity contribution in [3.63, 3.8) is 0 Å². The monoisotopic (exact) mass is 570 g/mol. The zero-order chi connectivity index (χ0) is 28.0. The molecular formula is C30H26N4O4S2. The number of aromatic nitrogens is 3. The molecule has 2 aromatic heterocycles. The number of carbonyl (C=O) groups is 1. The second-order valence-corrected chi connectivity index (χ2v) is 12.4. The Morgan fingerprint density at radius 1 is 1.02 bits per heavy atom. The number of sulfonamides is 1. The third-order valence-corrected chi connectivity index (χ3v) is 8.94. The highest BCUT2D eigenvalue weighted by molar-refractivity contribution is 7.89. The van der Waals surface area contributed by atoms with Crippen LogP contribution in [0.4, 0.5) is 0 Å². The van der Waals surface area contributed by atoms with Gasteiger partial charge in [-0.15, -0.1) is 11.3 Å². The highest BCUT2D eigenvalue weighted by Gasteiger charge is 2.34. The van der Waals surface area contributed by atoms with Crippen LogP contribution in [0.15, 0.2) is 83.1 Å². The van der Waals surface area contributed by atoms with Crippen molar-refractivity contribution in [1.82, 2.24) is 14.8 Å². The van der Waals surface area contributed by atoms with Gasteiger partial charge in [0.25, 0.3) is 0 Å². The molecule has 0 saturated heterocycles. The van der Waals surface area contributed by atoms with Gasteiger partial charge in [0.1, 0.15) is 0 Å². The van der Waals surface area contributed by atoms with Crippen molar-refractivity contribution in [2.75, 3.05) is 0 Å². The van der Waals surface area contributed by atoms with E-state index in [-0.39, 0.29) is 16.5 Å². The number of nitrogens with two attached hydrogens (primary N) is 1. The maximum absolute atomic E-state index is 12.0. The fourth-order valence-electron chi connectivity index (χ4n) is 5.07. The van der Waals surface area contributed by atoms with E-state index in [4.69, 9.17) is 10.2 Å². The number of aromatic carboxylic acids is 1. The van der Waals surface area contributed by atoms with E-state index in [1.54, 1.807) is 23.7 Å². The fraction of sp³-hybridized carbons (Fsp3) is 0.167. The van der Waals surface area contributed by atoms with Crippen LogP contribution in [0.3, 0.4) is 0 Å². The summed E-state index contributed by atoms with van der Waals surface area (Å²) in [5, 5.41) is 22.0. The first-order valence-corrected chi connectivity index (χ1v) is 15.2. The quantitative estimate of drug-likeness (QED) is 0.243. The molecule has 0 unspecified atom stereocenters. The van der Waals surface area contributed by atoms with Gasteiger partial charge in [-0.05, 0) is 54.2 Å². The largest absolute Gasteiger partial charge is 0.476 e. The topological polar surface area (TPSA) is 128 Å². The van der Waals surface area contributed by atoms with E-state index in [1.807, 2.05) is 36.4 Å². The van der Waals surface area contributed by atoms with Crippen LogP contribution in [-0.4, -0.2) is 34.3 Å². The van der Waals surface area contributed by atoms with E-state index in [2.05, 4.69) is 29.2 Å². The summed E-state index contributed by atoms with van der Waals surface area (Å²) in [4.78, 5) is 16.0. The van der Waals surface area contributed by atoms with Gasteiger partial charge < -0.3 is 5.11 Å². The molecule has 0 aliphatic heterocycles. The predicted octanol–water partition coefficient (Wildman–Crippen LogP) is 5.79. The standard InChI is InChI=1S/C30H26N4O4S2/c1-18-14-19(10-13-26(18)40(31,37)38)15-24-27(23-9-5-8-22(16-23)20-6-3-2-4-7-20)33-34(28(24)21-11-12-21)30-32-25(17-39-30)29(35)36/h2-10,13-14,16-17,21H,11-12,15H2,1H3,(H,35,36)(H2,31,37,38). The number of primary sulfonamides is 1. The Morgan fingerprint density at radius 2 is 1.75 bits per heavy atom. The minimum atomic E-state index is -3.82. The molecule has 1 saturated carbocycles. The van der Waals surface area contributed by atoms with Crippen molar-refractivity contribution >= 4 is 27.3 Å². The summed E-state index contributed by atoms with van der Waals surface area (Å²) in [5.74, 6) is -0.806. The average Bonchev–Trinajstić information content (AvgIpc) is 3.51. The van der Waals surface area contributed by atoms with Crippen molar-refractivity contribution in [1.29, 1.82) is 0 Å². The zero-order valence-electron chi connectivity index (χ0n) is 21.6. The van der Waals surface area contributed by atoms with Crippen LogP contribution in [0.2, 0.25) is 0 Å². The van der Waals surface area contributed by atoms with Crippen LogP contribution in [-0.2, 0) is 16.4 Å². The minimum Gasteiger partial charge on any atom is -0.476 e. The van der Waals surface area contributed by atoms with E-state index in [0.29, 0.717) is 17.1 Å². The van der Waals surface area contributed by atoms with Crippen molar-refractivity contribution < 1.29 is 18.3 Å². The molecule has 0 radical (unpaired) electrons. The molecule has 0 spiro atoms. The minimum absolute atomic E-state index is 0.0133. The molecule has 10 heteroatoms. The number of carboxylic acid groups (broad SMARTS) is 1. The summed E-state index contributed by atoms with van der Waals surface area (Å²) in [6.45, 7) is 1.74. The van der Waals surface area contributed by atoms with Crippen molar-refractivity contribution in [3.05, 3.63) is 106 Å². The van der Waals surface area contributed by atoms with Gasteiger partial charge in [0.15, 0.2) is 5.69 Å². The number of aryl methyl sites for hydroxylation is 1. The summed E-state index contributed by atoms with van der Waals surface area (Å²) < 4.78 is 25.8. The Labute approximate surface area is 235 Å². The molecule has 1 aliphatic carbocycles. The summed E-state index contributed by atoms with van der Waals surface area (Å²) in [7, 11) is -3.82. The lowest BCUT2D eigenvalue weighted by Crippen LogP contribution is -2.13. The summed E-state index contributed by atoms with van der Waals surface area (Å²) in [6.07, 6.45) is 2.52. The third kappa shape index (κ3) is 5.08. The molecule has 5 aromatic rings. The van der Waals surface area contributed by atoms with Crippen molar-refractivity contribution in [2.24, 2.45) is 5.14 Å². The number of benzene rings is 3. The van der Waals surface area contributed by atoms with Crippen LogP contribution in [0.5, 0.6) is 0 Å². The second kappa shape index (κ2) is 10.1. The molecule has 2 heterocycles. The molecule has 0 bridgehead atoms. The highest BCUT2D eigenvalue weighted by Crippen LogP contribution is 2.46. The third-order valence-electron chi connectivity index (χ3n) is 7.05. The Bertz CT molecular complexity index is 1860. The highest BCUT2D eigenvalue weighted by atomic mass is 32.2. The Balaban J connectivity index is 1.53. The molecule has 3 N–H and O–H groups in total. The summed E-state index contributed by atoms with van der Waals surface area (Å²) >= 11 is 1.25. The van der Waals surface area contributed by atoms with Crippen molar-refractivity contribution in [3.8, 4) is 27.5 Å². The van der Waals surface area contributed by atoms with Crippen LogP contribution >= 0.6 is 11.3 Å². The molecule has 0 atom stereocenters. The lowest BCUT2D eigenvalue weighted by atomic mass is 9.95. The summed E-state index contributed by atoms with van der Waals surface area (Å²) in [6, 6.07) is 23.5. The van der Waals surface area contributed by atoms with Crippen LogP contribution < -0.4 is 5.14 Å². The van der Waals surface area contributed by atoms with E-state index < -0.39 is 16.0 Å². The molecule has 1 fully saturated rings. The number of rotatable bonds is 8. The molecule has 0 amide bonds. The Hall–Kier alpha value is -4.12. The maximum Gasteiger partial charge on any atom is 0.355 e. The average molecular weight is 571 g/mol. The second-order valence-electron chi connectivity index (χ2n) is 9.99. The molecule has 1 aliphatic rings. The van der Waals surface area contributed by atoms with Crippen LogP contribution in [0, 0.1) is 6.92 Å².